The van der Waals surface area contributed by atoms with E-state index in [1.165, 1.54) is 4.90 Å². The van der Waals surface area contributed by atoms with Crippen LogP contribution in [-0.2, 0) is 11.3 Å². The Hall–Kier alpha value is -2.07. The number of halogens is 2. The minimum atomic E-state index is -1.10. The van der Waals surface area contributed by atoms with Crippen LogP contribution >= 0.6 is 11.6 Å². The highest BCUT2D eigenvalue weighted by atomic mass is 35.5. The standard InChI is InChI=1S/C18H17ClFNO2/c19-15-8-6-14(7-9-15)16-10-21(11-17(16)20)18(22)23-12-13-4-2-1-3-5-13/h1-9,16-17H,10-12H2/t16-,17+/m0/s1. The van der Waals surface area contributed by atoms with E-state index in [4.69, 9.17) is 16.3 Å². The quantitative estimate of drug-likeness (QED) is 0.832. The lowest BCUT2D eigenvalue weighted by molar-refractivity contribution is 0.102. The van der Waals surface area contributed by atoms with Crippen molar-refractivity contribution in [2.75, 3.05) is 13.1 Å². The molecule has 0 bridgehead atoms. The number of carbonyl (C=O) groups excluding carboxylic acids is 1. The van der Waals surface area contributed by atoms with Crippen LogP contribution in [0.15, 0.2) is 54.6 Å². The van der Waals surface area contributed by atoms with Crippen LogP contribution < -0.4 is 0 Å². The molecule has 3 nitrogen and oxygen atoms in total. The zero-order chi connectivity index (χ0) is 16.2. The summed E-state index contributed by atoms with van der Waals surface area (Å²) in [5.41, 5.74) is 1.76. The molecular formula is C18H17ClFNO2. The second-order valence-electron chi connectivity index (χ2n) is 5.62. The van der Waals surface area contributed by atoms with E-state index in [1.807, 2.05) is 30.3 Å². The van der Waals surface area contributed by atoms with Crippen LogP contribution in [0.4, 0.5) is 9.18 Å². The van der Waals surface area contributed by atoms with Crippen molar-refractivity contribution in [1.82, 2.24) is 4.90 Å². The average Bonchev–Trinajstić information content (AvgIpc) is 2.96. The second kappa shape index (κ2) is 7.01. The third-order valence-corrected chi connectivity index (χ3v) is 4.26. The van der Waals surface area contributed by atoms with Crippen LogP contribution in [0.3, 0.4) is 0 Å². The number of nitrogens with zero attached hydrogens (tertiary/aromatic N) is 1. The molecule has 5 heteroatoms. The summed E-state index contributed by atoms with van der Waals surface area (Å²) in [5, 5.41) is 0.612. The molecular weight excluding hydrogens is 317 g/mol. The molecule has 0 aliphatic carbocycles. The highest BCUT2D eigenvalue weighted by Crippen LogP contribution is 2.31. The van der Waals surface area contributed by atoms with Crippen molar-refractivity contribution in [3.8, 4) is 0 Å². The van der Waals surface area contributed by atoms with Gasteiger partial charge in [0.1, 0.15) is 12.8 Å². The normalized spacial score (nSPS) is 20.5. The van der Waals surface area contributed by atoms with Gasteiger partial charge in [0.25, 0.3) is 0 Å². The SMILES string of the molecule is O=C(OCc1ccccc1)N1C[C@@H](F)[C@H](c2ccc(Cl)cc2)C1. The molecule has 0 aromatic heterocycles. The molecule has 2 aromatic carbocycles. The number of carbonyl (C=O) groups is 1. The van der Waals surface area contributed by atoms with Crippen LogP contribution in [0.2, 0.25) is 5.02 Å². The zero-order valence-corrected chi connectivity index (χ0v) is 13.2. The van der Waals surface area contributed by atoms with Crippen LogP contribution in [0.1, 0.15) is 17.0 Å². The molecule has 0 N–H and O–H groups in total. The smallest absolute Gasteiger partial charge is 0.410 e. The van der Waals surface area contributed by atoms with E-state index < -0.39 is 12.3 Å². The van der Waals surface area contributed by atoms with Crippen molar-refractivity contribution in [2.45, 2.75) is 18.7 Å². The number of benzene rings is 2. The third kappa shape index (κ3) is 3.82. The van der Waals surface area contributed by atoms with Gasteiger partial charge in [-0.25, -0.2) is 9.18 Å². The molecule has 2 aromatic rings. The number of ether oxygens (including phenoxy) is 1. The lowest BCUT2D eigenvalue weighted by Crippen LogP contribution is -2.29. The first-order chi connectivity index (χ1) is 11.1. The van der Waals surface area contributed by atoms with E-state index in [0.717, 1.165) is 11.1 Å². The van der Waals surface area contributed by atoms with Gasteiger partial charge in [0.2, 0.25) is 0 Å². The van der Waals surface area contributed by atoms with Gasteiger partial charge in [0.15, 0.2) is 0 Å². The highest BCUT2D eigenvalue weighted by molar-refractivity contribution is 6.30. The van der Waals surface area contributed by atoms with Crippen molar-refractivity contribution in [3.05, 3.63) is 70.7 Å². The molecule has 1 aliphatic heterocycles. The van der Waals surface area contributed by atoms with Gasteiger partial charge < -0.3 is 9.64 Å². The summed E-state index contributed by atoms with van der Waals surface area (Å²) < 4.78 is 19.5. The maximum absolute atomic E-state index is 14.3. The summed E-state index contributed by atoms with van der Waals surface area (Å²) >= 11 is 5.86. The van der Waals surface area contributed by atoms with Gasteiger partial charge in [0, 0.05) is 17.5 Å². The highest BCUT2D eigenvalue weighted by Gasteiger charge is 2.37. The Morgan fingerprint density at radius 1 is 1.13 bits per heavy atom. The van der Waals surface area contributed by atoms with E-state index in [1.54, 1.807) is 24.3 Å². The third-order valence-electron chi connectivity index (χ3n) is 4.01. The second-order valence-corrected chi connectivity index (χ2v) is 6.06. The van der Waals surface area contributed by atoms with Crippen LogP contribution in [0.5, 0.6) is 0 Å². The maximum Gasteiger partial charge on any atom is 0.410 e. The summed E-state index contributed by atoms with van der Waals surface area (Å²) in [4.78, 5) is 13.5. The number of hydrogen-bond donors (Lipinski definition) is 0. The molecule has 3 rings (SSSR count). The van der Waals surface area contributed by atoms with Gasteiger partial charge in [-0.1, -0.05) is 54.1 Å². The number of alkyl halides is 1. The van der Waals surface area contributed by atoms with Gasteiger partial charge >= 0.3 is 6.09 Å². The molecule has 0 unspecified atom stereocenters. The van der Waals surface area contributed by atoms with Crippen molar-refractivity contribution >= 4 is 17.7 Å². The first-order valence-electron chi connectivity index (χ1n) is 7.48. The van der Waals surface area contributed by atoms with E-state index >= 15 is 0 Å². The van der Waals surface area contributed by atoms with Crippen LogP contribution in [0.25, 0.3) is 0 Å². The molecule has 0 spiro atoms. The first-order valence-corrected chi connectivity index (χ1v) is 7.86. The maximum atomic E-state index is 14.3. The molecule has 0 saturated carbocycles. The van der Waals surface area contributed by atoms with E-state index in [2.05, 4.69) is 0 Å². The Kier molecular flexibility index (Phi) is 4.82. The Bertz CT molecular complexity index is 662. The Morgan fingerprint density at radius 2 is 1.83 bits per heavy atom. The first kappa shape index (κ1) is 15.8. The van der Waals surface area contributed by atoms with Gasteiger partial charge in [0.05, 0.1) is 6.54 Å². The van der Waals surface area contributed by atoms with Gasteiger partial charge in [-0.05, 0) is 23.3 Å². The number of likely N-dealkylation sites (tertiary alicyclic amines) is 1. The molecule has 0 radical (unpaired) electrons. The lowest BCUT2D eigenvalue weighted by Gasteiger charge is -2.16. The molecule has 1 heterocycles. The Morgan fingerprint density at radius 3 is 2.52 bits per heavy atom. The molecule has 1 amide bonds. The fraction of sp³-hybridized carbons (Fsp3) is 0.278. The average molecular weight is 334 g/mol. The zero-order valence-electron chi connectivity index (χ0n) is 12.5. The molecule has 1 fully saturated rings. The summed E-state index contributed by atoms with van der Waals surface area (Å²) in [7, 11) is 0. The van der Waals surface area contributed by atoms with Crippen LogP contribution in [-0.4, -0.2) is 30.3 Å². The molecule has 1 saturated heterocycles. The van der Waals surface area contributed by atoms with E-state index in [0.29, 0.717) is 11.6 Å². The molecule has 23 heavy (non-hydrogen) atoms. The van der Waals surface area contributed by atoms with Crippen LogP contribution in [0, 0.1) is 0 Å². The summed E-state index contributed by atoms with van der Waals surface area (Å²) in [6.45, 7) is 0.566. The van der Waals surface area contributed by atoms with Crippen molar-refractivity contribution in [1.29, 1.82) is 0 Å². The van der Waals surface area contributed by atoms with Gasteiger partial charge in [-0.3, -0.25) is 0 Å². The van der Waals surface area contributed by atoms with Crippen molar-refractivity contribution in [2.24, 2.45) is 0 Å². The largest absolute Gasteiger partial charge is 0.445 e. The molecule has 2 atom stereocenters. The minimum Gasteiger partial charge on any atom is -0.445 e. The lowest BCUT2D eigenvalue weighted by atomic mass is 9.97. The van der Waals surface area contributed by atoms with Crippen molar-refractivity contribution < 1.29 is 13.9 Å². The van der Waals surface area contributed by atoms with Gasteiger partial charge in [-0.2, -0.15) is 0 Å². The topological polar surface area (TPSA) is 29.5 Å². The Balaban J connectivity index is 1.59. The number of amides is 1. The Labute approximate surface area is 139 Å². The summed E-state index contributed by atoms with van der Waals surface area (Å²) in [6, 6.07) is 16.5. The van der Waals surface area contributed by atoms with Gasteiger partial charge in [-0.15, -0.1) is 0 Å². The van der Waals surface area contributed by atoms with E-state index in [9.17, 15) is 9.18 Å². The molecule has 1 aliphatic rings. The fourth-order valence-electron chi connectivity index (χ4n) is 2.75. The number of rotatable bonds is 3. The number of hydrogen-bond acceptors (Lipinski definition) is 2. The predicted octanol–water partition coefficient (Wildman–Crippen LogP) is 4.41. The fourth-order valence-corrected chi connectivity index (χ4v) is 2.87. The predicted molar refractivity (Wildman–Crippen MR) is 87.3 cm³/mol. The summed E-state index contributed by atoms with van der Waals surface area (Å²) in [6.07, 6.45) is -1.58. The summed E-state index contributed by atoms with van der Waals surface area (Å²) in [5.74, 6) is -0.337. The monoisotopic (exact) mass is 333 g/mol. The van der Waals surface area contributed by atoms with E-state index in [-0.39, 0.29) is 19.1 Å². The minimum absolute atomic E-state index is 0.0565. The van der Waals surface area contributed by atoms with Crippen molar-refractivity contribution in [3.63, 3.8) is 0 Å². The molecule has 120 valence electrons.